The molecule has 88 valence electrons. The van der Waals surface area contributed by atoms with E-state index in [1.807, 2.05) is 0 Å². The van der Waals surface area contributed by atoms with Gasteiger partial charge in [0, 0.05) is 18.2 Å². The highest BCUT2D eigenvalue weighted by Gasteiger charge is 2.13. The third-order valence-corrected chi connectivity index (χ3v) is 2.34. The van der Waals surface area contributed by atoms with Crippen LogP contribution in [-0.4, -0.2) is 17.8 Å². The molecule has 1 aromatic carbocycles. The minimum Gasteiger partial charge on any atom is -0.392 e. The van der Waals surface area contributed by atoms with Crippen LogP contribution in [0.4, 0.5) is 4.39 Å². The normalized spacial score (nSPS) is 14.4. The van der Waals surface area contributed by atoms with E-state index < -0.39 is 6.10 Å². The van der Waals surface area contributed by atoms with Gasteiger partial charge in [-0.05, 0) is 19.4 Å². The predicted octanol–water partition coefficient (Wildman–Crippen LogP) is 2.41. The highest BCUT2D eigenvalue weighted by atomic mass is 19.1. The number of halogens is 1. The van der Waals surface area contributed by atoms with Gasteiger partial charge in [-0.1, -0.05) is 24.3 Å². The highest BCUT2D eigenvalue weighted by molar-refractivity contribution is 5.21. The fraction of sp³-hybridized carbons (Fsp3) is 0.385. The molecule has 0 aliphatic heterocycles. The van der Waals surface area contributed by atoms with Crippen LogP contribution in [0.25, 0.3) is 0 Å². The Hall–Kier alpha value is -1.19. The molecule has 2 nitrogen and oxygen atoms in total. The Bertz CT molecular complexity index is 338. The summed E-state index contributed by atoms with van der Waals surface area (Å²) in [5.41, 5.74) is 0.614. The third kappa shape index (κ3) is 3.76. The van der Waals surface area contributed by atoms with Crippen molar-refractivity contribution in [1.82, 2.24) is 5.32 Å². The first-order valence-electron chi connectivity index (χ1n) is 5.42. The molecular weight excluding hydrogens is 205 g/mol. The van der Waals surface area contributed by atoms with Crippen LogP contribution in [0.1, 0.15) is 24.9 Å². The number of benzene rings is 1. The molecule has 1 rings (SSSR count). The SMILES string of the molecule is C=CCC(NC[C@@H](C)O)c1ccccc1F. The lowest BCUT2D eigenvalue weighted by atomic mass is 10.0. The van der Waals surface area contributed by atoms with Crippen LogP contribution in [0.15, 0.2) is 36.9 Å². The largest absolute Gasteiger partial charge is 0.392 e. The van der Waals surface area contributed by atoms with Crippen molar-refractivity contribution >= 4 is 0 Å². The first-order chi connectivity index (χ1) is 7.65. The number of rotatable bonds is 6. The number of hydrogen-bond donors (Lipinski definition) is 2. The lowest BCUT2D eigenvalue weighted by Gasteiger charge is -2.19. The van der Waals surface area contributed by atoms with Crippen molar-refractivity contribution in [2.24, 2.45) is 0 Å². The van der Waals surface area contributed by atoms with E-state index in [0.29, 0.717) is 18.5 Å². The summed E-state index contributed by atoms with van der Waals surface area (Å²) in [4.78, 5) is 0. The van der Waals surface area contributed by atoms with Gasteiger partial charge in [-0.2, -0.15) is 0 Å². The molecule has 0 aliphatic carbocycles. The lowest BCUT2D eigenvalue weighted by molar-refractivity contribution is 0.186. The lowest BCUT2D eigenvalue weighted by Crippen LogP contribution is -2.29. The van der Waals surface area contributed by atoms with Gasteiger partial charge in [0.25, 0.3) is 0 Å². The number of hydrogen-bond acceptors (Lipinski definition) is 2. The van der Waals surface area contributed by atoms with Gasteiger partial charge in [0.05, 0.1) is 6.10 Å². The molecule has 0 spiro atoms. The van der Waals surface area contributed by atoms with Gasteiger partial charge in [0.2, 0.25) is 0 Å². The topological polar surface area (TPSA) is 32.3 Å². The Morgan fingerprint density at radius 1 is 1.50 bits per heavy atom. The zero-order chi connectivity index (χ0) is 12.0. The van der Waals surface area contributed by atoms with Crippen LogP contribution in [-0.2, 0) is 0 Å². The summed E-state index contributed by atoms with van der Waals surface area (Å²) in [6.45, 7) is 5.79. The highest BCUT2D eigenvalue weighted by Crippen LogP contribution is 2.20. The summed E-state index contributed by atoms with van der Waals surface area (Å²) < 4.78 is 13.6. The summed E-state index contributed by atoms with van der Waals surface area (Å²) in [7, 11) is 0. The van der Waals surface area contributed by atoms with Crippen LogP contribution >= 0.6 is 0 Å². The Kier molecular flexibility index (Phi) is 5.15. The number of aliphatic hydroxyl groups is 1. The van der Waals surface area contributed by atoms with Gasteiger partial charge >= 0.3 is 0 Å². The molecule has 16 heavy (non-hydrogen) atoms. The molecule has 0 amide bonds. The molecule has 0 aliphatic rings. The van der Waals surface area contributed by atoms with Gasteiger partial charge in [0.15, 0.2) is 0 Å². The zero-order valence-electron chi connectivity index (χ0n) is 9.49. The smallest absolute Gasteiger partial charge is 0.127 e. The summed E-state index contributed by atoms with van der Waals surface area (Å²) in [5, 5.41) is 12.3. The van der Waals surface area contributed by atoms with Gasteiger partial charge in [-0.25, -0.2) is 4.39 Å². The molecule has 0 saturated heterocycles. The maximum atomic E-state index is 13.6. The van der Waals surface area contributed by atoms with Gasteiger partial charge in [-0.15, -0.1) is 6.58 Å². The van der Waals surface area contributed by atoms with Crippen molar-refractivity contribution in [2.75, 3.05) is 6.54 Å². The van der Waals surface area contributed by atoms with E-state index >= 15 is 0 Å². The van der Waals surface area contributed by atoms with Crippen LogP contribution in [0.2, 0.25) is 0 Å². The maximum Gasteiger partial charge on any atom is 0.127 e. The number of aliphatic hydroxyl groups excluding tert-OH is 1. The van der Waals surface area contributed by atoms with Gasteiger partial charge in [0.1, 0.15) is 5.82 Å². The van der Waals surface area contributed by atoms with E-state index in [2.05, 4.69) is 11.9 Å². The van der Waals surface area contributed by atoms with Crippen molar-refractivity contribution in [3.8, 4) is 0 Å². The minimum absolute atomic E-state index is 0.131. The van der Waals surface area contributed by atoms with Gasteiger partial charge in [-0.3, -0.25) is 0 Å². The Morgan fingerprint density at radius 3 is 2.75 bits per heavy atom. The fourth-order valence-electron chi connectivity index (χ4n) is 1.56. The molecule has 2 N–H and O–H groups in total. The second-order valence-electron chi connectivity index (χ2n) is 3.86. The Balaban J connectivity index is 2.76. The summed E-state index contributed by atoms with van der Waals surface area (Å²) in [6, 6.07) is 6.53. The van der Waals surface area contributed by atoms with Crippen molar-refractivity contribution < 1.29 is 9.50 Å². The van der Waals surface area contributed by atoms with E-state index in [4.69, 9.17) is 0 Å². The van der Waals surface area contributed by atoms with Crippen LogP contribution < -0.4 is 5.32 Å². The average molecular weight is 223 g/mol. The quantitative estimate of drug-likeness (QED) is 0.726. The van der Waals surface area contributed by atoms with Crippen molar-refractivity contribution in [2.45, 2.75) is 25.5 Å². The average Bonchev–Trinajstić information content (AvgIpc) is 2.25. The molecule has 3 heteroatoms. The first-order valence-corrected chi connectivity index (χ1v) is 5.42. The molecule has 0 fully saturated rings. The Labute approximate surface area is 95.8 Å². The van der Waals surface area contributed by atoms with Crippen LogP contribution in [0.5, 0.6) is 0 Å². The van der Waals surface area contributed by atoms with Crippen molar-refractivity contribution in [3.05, 3.63) is 48.3 Å². The molecule has 0 heterocycles. The second kappa shape index (κ2) is 6.40. The molecule has 0 bridgehead atoms. The van der Waals surface area contributed by atoms with E-state index in [1.165, 1.54) is 6.07 Å². The molecule has 0 saturated carbocycles. The maximum absolute atomic E-state index is 13.6. The fourth-order valence-corrected chi connectivity index (χ4v) is 1.56. The second-order valence-corrected chi connectivity index (χ2v) is 3.86. The molecule has 1 aromatic rings. The predicted molar refractivity (Wildman–Crippen MR) is 63.6 cm³/mol. The van der Waals surface area contributed by atoms with Crippen LogP contribution in [0, 0.1) is 5.82 Å². The summed E-state index contributed by atoms with van der Waals surface area (Å²) in [6.07, 6.45) is 1.93. The zero-order valence-corrected chi connectivity index (χ0v) is 9.49. The van der Waals surface area contributed by atoms with Gasteiger partial charge < -0.3 is 10.4 Å². The van der Waals surface area contributed by atoms with Crippen molar-refractivity contribution in [1.29, 1.82) is 0 Å². The standard InChI is InChI=1S/C13H18FNO/c1-3-6-13(15-9-10(2)16)11-7-4-5-8-12(11)14/h3-5,7-8,10,13,15-16H,1,6,9H2,2H3/t10-,13?/m1/s1. The van der Waals surface area contributed by atoms with E-state index in [1.54, 1.807) is 31.2 Å². The minimum atomic E-state index is -0.445. The third-order valence-electron chi connectivity index (χ3n) is 2.34. The molecule has 0 radical (unpaired) electrons. The molecule has 1 unspecified atom stereocenters. The monoisotopic (exact) mass is 223 g/mol. The van der Waals surface area contributed by atoms with E-state index in [0.717, 1.165) is 0 Å². The Morgan fingerprint density at radius 2 is 2.19 bits per heavy atom. The molecule has 0 aromatic heterocycles. The van der Waals surface area contributed by atoms with E-state index in [9.17, 15) is 9.50 Å². The molecular formula is C13H18FNO. The molecule has 2 atom stereocenters. The number of nitrogens with one attached hydrogen (secondary N) is 1. The summed E-state index contributed by atoms with van der Waals surface area (Å²) in [5.74, 6) is -0.229. The van der Waals surface area contributed by atoms with E-state index in [-0.39, 0.29) is 11.9 Å². The van der Waals surface area contributed by atoms with Crippen molar-refractivity contribution in [3.63, 3.8) is 0 Å². The first kappa shape index (κ1) is 12.9. The van der Waals surface area contributed by atoms with Crippen LogP contribution in [0.3, 0.4) is 0 Å². The summed E-state index contributed by atoms with van der Waals surface area (Å²) >= 11 is 0.